The van der Waals surface area contributed by atoms with Gasteiger partial charge in [-0.3, -0.25) is 9.78 Å². The molecule has 0 unspecified atom stereocenters. The molecule has 0 radical (unpaired) electrons. The molecule has 3 aromatic rings. The van der Waals surface area contributed by atoms with Gasteiger partial charge in [-0.1, -0.05) is 29.8 Å². The van der Waals surface area contributed by atoms with E-state index in [1.54, 1.807) is 13.0 Å². The highest BCUT2D eigenvalue weighted by Crippen LogP contribution is 2.23. The molecule has 6 nitrogen and oxygen atoms in total. The molecule has 2 aromatic carbocycles. The number of benzene rings is 2. The quantitative estimate of drug-likeness (QED) is 0.671. The van der Waals surface area contributed by atoms with Gasteiger partial charge in [0.15, 0.2) is 6.61 Å². The molecule has 28 heavy (non-hydrogen) atoms. The zero-order valence-electron chi connectivity index (χ0n) is 15.2. The maximum atomic E-state index is 12.5. The number of fused-ring (bicyclic) bond motifs is 1. The maximum absolute atomic E-state index is 12.5. The van der Waals surface area contributed by atoms with Gasteiger partial charge in [-0.2, -0.15) is 5.26 Å². The molecule has 0 aliphatic rings. The van der Waals surface area contributed by atoms with Crippen LogP contribution in [-0.2, 0) is 9.53 Å². The van der Waals surface area contributed by atoms with Crippen LogP contribution in [0.3, 0.4) is 0 Å². The van der Waals surface area contributed by atoms with Gasteiger partial charge in [0.2, 0.25) is 0 Å². The molecule has 3 rings (SSSR count). The first-order valence-electron chi connectivity index (χ1n) is 8.43. The van der Waals surface area contributed by atoms with Crippen molar-refractivity contribution in [1.29, 1.82) is 5.26 Å². The third kappa shape index (κ3) is 3.95. The Kier molecular flexibility index (Phi) is 5.57. The third-order valence-corrected chi connectivity index (χ3v) is 4.48. The van der Waals surface area contributed by atoms with Crippen molar-refractivity contribution in [3.8, 4) is 6.07 Å². The number of ether oxygens (including phenoxy) is 1. The van der Waals surface area contributed by atoms with Crippen molar-refractivity contribution >= 4 is 40.1 Å². The van der Waals surface area contributed by atoms with Gasteiger partial charge in [-0.05, 0) is 43.7 Å². The summed E-state index contributed by atoms with van der Waals surface area (Å²) in [6.45, 7) is 3.04. The van der Waals surface area contributed by atoms with E-state index in [0.29, 0.717) is 16.3 Å². The number of anilines is 1. The van der Waals surface area contributed by atoms with Gasteiger partial charge in [0.25, 0.3) is 5.91 Å². The molecule has 0 atom stereocenters. The first-order valence-corrected chi connectivity index (χ1v) is 8.81. The number of aromatic nitrogens is 1. The number of hydrogen-bond donors (Lipinski definition) is 1. The number of nitriles is 1. The summed E-state index contributed by atoms with van der Waals surface area (Å²) < 4.78 is 5.17. The Morgan fingerprint density at radius 3 is 2.71 bits per heavy atom. The Hall–Kier alpha value is -3.43. The fourth-order valence-electron chi connectivity index (χ4n) is 2.94. The molecule has 7 heteroatoms. The predicted octanol–water partition coefficient (Wildman–Crippen LogP) is 4.17. The summed E-state index contributed by atoms with van der Waals surface area (Å²) in [4.78, 5) is 29.1. The number of amides is 1. The second-order valence-electron chi connectivity index (χ2n) is 6.14. The van der Waals surface area contributed by atoms with E-state index < -0.39 is 18.5 Å². The minimum Gasteiger partial charge on any atom is -0.452 e. The number of aryl methyl sites for hydroxylation is 2. The van der Waals surface area contributed by atoms with Gasteiger partial charge in [-0.15, -0.1) is 0 Å². The van der Waals surface area contributed by atoms with Crippen LogP contribution in [0, 0.1) is 25.2 Å². The number of halogens is 1. The monoisotopic (exact) mass is 393 g/mol. The second-order valence-corrected chi connectivity index (χ2v) is 6.58. The molecule has 0 fully saturated rings. The van der Waals surface area contributed by atoms with Crippen LogP contribution in [-0.4, -0.2) is 23.5 Å². The van der Waals surface area contributed by atoms with Crippen molar-refractivity contribution in [1.82, 2.24) is 4.98 Å². The summed E-state index contributed by atoms with van der Waals surface area (Å²) >= 11 is 5.89. The Morgan fingerprint density at radius 2 is 1.96 bits per heavy atom. The molecule has 0 aliphatic carbocycles. The number of rotatable bonds is 4. The smallest absolute Gasteiger partial charge is 0.340 e. The number of hydrogen-bond acceptors (Lipinski definition) is 5. The van der Waals surface area contributed by atoms with Gasteiger partial charge in [0, 0.05) is 10.4 Å². The van der Waals surface area contributed by atoms with Gasteiger partial charge in [-0.25, -0.2) is 4.79 Å². The Bertz CT molecular complexity index is 1140. The number of pyridine rings is 1. The van der Waals surface area contributed by atoms with Crippen LogP contribution < -0.4 is 5.32 Å². The van der Waals surface area contributed by atoms with Crippen LogP contribution in [0.15, 0.2) is 42.5 Å². The summed E-state index contributed by atoms with van der Waals surface area (Å²) in [6.07, 6.45) is 0. The van der Waals surface area contributed by atoms with E-state index in [9.17, 15) is 9.59 Å². The number of carbonyl (C=O) groups excluding carboxylic acids is 2. The zero-order chi connectivity index (χ0) is 20.3. The fraction of sp³-hybridized carbons (Fsp3) is 0.143. The molecule has 0 spiro atoms. The number of esters is 1. The van der Waals surface area contributed by atoms with Crippen molar-refractivity contribution in [2.45, 2.75) is 13.8 Å². The molecule has 1 heterocycles. The molecule has 0 bridgehead atoms. The van der Waals surface area contributed by atoms with Gasteiger partial charge >= 0.3 is 5.97 Å². The van der Waals surface area contributed by atoms with Crippen molar-refractivity contribution in [2.24, 2.45) is 0 Å². The van der Waals surface area contributed by atoms with Gasteiger partial charge in [0.05, 0.1) is 28.0 Å². The topological polar surface area (TPSA) is 92.1 Å². The lowest BCUT2D eigenvalue weighted by Gasteiger charge is -2.12. The zero-order valence-corrected chi connectivity index (χ0v) is 16.0. The summed E-state index contributed by atoms with van der Waals surface area (Å²) in [7, 11) is 0. The molecular formula is C21H16ClN3O3. The number of para-hydroxylation sites is 1. The minimum atomic E-state index is -0.630. The molecule has 0 saturated carbocycles. The molecule has 1 amide bonds. The van der Waals surface area contributed by atoms with E-state index in [2.05, 4.69) is 10.3 Å². The van der Waals surface area contributed by atoms with Gasteiger partial charge in [0.1, 0.15) is 6.07 Å². The van der Waals surface area contributed by atoms with E-state index >= 15 is 0 Å². The SMILES string of the molecule is Cc1nc2ccccc2c(C)c1C(=O)OCC(=O)Nc1cc(Cl)ccc1C#N. The van der Waals surface area contributed by atoms with E-state index in [4.69, 9.17) is 21.6 Å². The lowest BCUT2D eigenvalue weighted by molar-refractivity contribution is -0.119. The van der Waals surface area contributed by atoms with Crippen molar-refractivity contribution in [3.63, 3.8) is 0 Å². The highest BCUT2D eigenvalue weighted by atomic mass is 35.5. The highest BCUT2D eigenvalue weighted by Gasteiger charge is 2.19. The molecule has 1 N–H and O–H groups in total. The van der Waals surface area contributed by atoms with Crippen LogP contribution in [0.25, 0.3) is 10.9 Å². The lowest BCUT2D eigenvalue weighted by Crippen LogP contribution is -2.22. The van der Waals surface area contributed by atoms with Crippen LogP contribution in [0.5, 0.6) is 0 Å². The molecule has 140 valence electrons. The van der Waals surface area contributed by atoms with E-state index in [0.717, 1.165) is 16.5 Å². The van der Waals surface area contributed by atoms with E-state index in [-0.39, 0.29) is 11.3 Å². The highest BCUT2D eigenvalue weighted by molar-refractivity contribution is 6.31. The first kappa shape index (κ1) is 19.3. The number of nitrogens with zero attached hydrogens (tertiary/aromatic N) is 2. The summed E-state index contributed by atoms with van der Waals surface area (Å²) in [6, 6.07) is 14.0. The molecule has 1 aromatic heterocycles. The average Bonchev–Trinajstić information content (AvgIpc) is 2.66. The maximum Gasteiger partial charge on any atom is 0.340 e. The molecule has 0 aliphatic heterocycles. The van der Waals surface area contributed by atoms with Gasteiger partial charge < -0.3 is 10.1 Å². The largest absolute Gasteiger partial charge is 0.452 e. The Labute approximate surface area is 166 Å². The predicted molar refractivity (Wildman–Crippen MR) is 106 cm³/mol. The fourth-order valence-corrected chi connectivity index (χ4v) is 3.11. The van der Waals surface area contributed by atoms with Crippen LogP contribution in [0.2, 0.25) is 5.02 Å². The number of carbonyl (C=O) groups is 2. The summed E-state index contributed by atoms with van der Waals surface area (Å²) in [5, 5.41) is 12.9. The Balaban J connectivity index is 1.74. The standard InChI is InChI=1S/C21H16ClN3O3/c1-12-16-5-3-4-6-17(16)24-13(2)20(12)21(27)28-11-19(26)25-18-9-15(22)8-7-14(18)10-23/h3-9H,11H2,1-2H3,(H,25,26). The normalized spacial score (nSPS) is 10.4. The van der Waals surface area contributed by atoms with Crippen molar-refractivity contribution < 1.29 is 14.3 Å². The Morgan fingerprint density at radius 1 is 1.21 bits per heavy atom. The number of nitrogens with one attached hydrogen (secondary N) is 1. The summed E-state index contributed by atoms with van der Waals surface area (Å²) in [5.41, 5.74) is 2.92. The molecule has 0 saturated heterocycles. The second kappa shape index (κ2) is 8.07. The van der Waals surface area contributed by atoms with Crippen LogP contribution >= 0.6 is 11.6 Å². The minimum absolute atomic E-state index is 0.259. The molecular weight excluding hydrogens is 378 g/mol. The van der Waals surface area contributed by atoms with Crippen LogP contribution in [0.1, 0.15) is 27.2 Å². The van der Waals surface area contributed by atoms with E-state index in [1.165, 1.54) is 12.1 Å². The van der Waals surface area contributed by atoms with Crippen molar-refractivity contribution in [2.75, 3.05) is 11.9 Å². The van der Waals surface area contributed by atoms with Crippen molar-refractivity contribution in [3.05, 3.63) is 69.9 Å². The summed E-state index contributed by atoms with van der Waals surface area (Å²) in [5.74, 6) is -1.20. The van der Waals surface area contributed by atoms with Crippen LogP contribution in [0.4, 0.5) is 5.69 Å². The third-order valence-electron chi connectivity index (χ3n) is 4.25. The van der Waals surface area contributed by atoms with E-state index in [1.807, 2.05) is 37.3 Å². The first-order chi connectivity index (χ1) is 13.4. The lowest BCUT2D eigenvalue weighted by atomic mass is 10.0. The average molecular weight is 394 g/mol.